The van der Waals surface area contributed by atoms with Crippen LogP contribution < -0.4 is 15.4 Å². The van der Waals surface area contributed by atoms with Gasteiger partial charge in [-0.05, 0) is 44.6 Å². The molecule has 0 aliphatic heterocycles. The Bertz CT molecular complexity index is 710. The molecule has 1 aromatic carbocycles. The number of halogens is 1. The SMILES string of the molecule is CCOCCOc1c(Cl)cccc1NC(=O)NCC(c1cccs1)N(C)C. The number of para-hydroxylation sites is 1. The van der Waals surface area contributed by atoms with Gasteiger partial charge in [-0.1, -0.05) is 23.7 Å². The number of anilines is 1. The monoisotopic (exact) mass is 411 g/mol. The Kier molecular flexibility index (Phi) is 8.87. The zero-order valence-electron chi connectivity index (χ0n) is 15.8. The lowest BCUT2D eigenvalue weighted by Gasteiger charge is -2.23. The number of nitrogens with one attached hydrogen (secondary N) is 2. The van der Waals surface area contributed by atoms with Crippen LogP contribution in [0.3, 0.4) is 0 Å². The molecule has 27 heavy (non-hydrogen) atoms. The van der Waals surface area contributed by atoms with E-state index in [1.807, 2.05) is 32.5 Å². The van der Waals surface area contributed by atoms with Crippen molar-refractivity contribution in [2.45, 2.75) is 13.0 Å². The van der Waals surface area contributed by atoms with E-state index in [2.05, 4.69) is 21.6 Å². The molecule has 1 heterocycles. The molecule has 0 saturated heterocycles. The molecule has 2 amide bonds. The average molecular weight is 412 g/mol. The number of amides is 2. The second-order valence-electron chi connectivity index (χ2n) is 5.99. The van der Waals surface area contributed by atoms with E-state index in [1.165, 1.54) is 4.88 Å². The van der Waals surface area contributed by atoms with Gasteiger partial charge in [0.2, 0.25) is 0 Å². The first kappa shape index (κ1) is 21.5. The van der Waals surface area contributed by atoms with Gasteiger partial charge in [0, 0.05) is 18.0 Å². The number of nitrogens with zero attached hydrogens (tertiary/aromatic N) is 1. The molecular formula is C19H26ClN3O3S. The summed E-state index contributed by atoms with van der Waals surface area (Å²) in [6.45, 7) is 3.84. The number of hydrogen-bond donors (Lipinski definition) is 2. The molecule has 0 aliphatic carbocycles. The van der Waals surface area contributed by atoms with Gasteiger partial charge in [-0.2, -0.15) is 0 Å². The van der Waals surface area contributed by atoms with E-state index in [4.69, 9.17) is 21.1 Å². The van der Waals surface area contributed by atoms with E-state index in [1.54, 1.807) is 29.5 Å². The second-order valence-corrected chi connectivity index (χ2v) is 7.38. The van der Waals surface area contributed by atoms with Crippen LogP contribution in [0.25, 0.3) is 0 Å². The van der Waals surface area contributed by atoms with Gasteiger partial charge in [0.05, 0.1) is 23.4 Å². The molecule has 0 bridgehead atoms. The zero-order chi connectivity index (χ0) is 19.6. The molecule has 1 atom stereocenters. The summed E-state index contributed by atoms with van der Waals surface area (Å²) in [4.78, 5) is 15.7. The third kappa shape index (κ3) is 6.70. The van der Waals surface area contributed by atoms with Crippen LogP contribution in [-0.4, -0.2) is 51.4 Å². The van der Waals surface area contributed by atoms with Gasteiger partial charge < -0.3 is 25.0 Å². The number of rotatable bonds is 10. The van der Waals surface area contributed by atoms with Gasteiger partial charge in [0.25, 0.3) is 0 Å². The third-order valence-corrected chi connectivity index (χ3v) is 5.12. The molecular weight excluding hydrogens is 386 g/mol. The van der Waals surface area contributed by atoms with Crippen molar-refractivity contribution in [3.8, 4) is 5.75 Å². The smallest absolute Gasteiger partial charge is 0.319 e. The van der Waals surface area contributed by atoms with Crippen LogP contribution in [0.2, 0.25) is 5.02 Å². The third-order valence-electron chi connectivity index (χ3n) is 3.84. The first-order valence-corrected chi connectivity index (χ1v) is 10.0. The number of carbonyl (C=O) groups excluding carboxylic acids is 1. The number of likely N-dealkylation sites (N-methyl/N-ethyl adjacent to an activating group) is 1. The predicted octanol–water partition coefficient (Wildman–Crippen LogP) is 4.24. The molecule has 1 unspecified atom stereocenters. The van der Waals surface area contributed by atoms with E-state index in [-0.39, 0.29) is 12.1 Å². The number of carbonyl (C=O) groups is 1. The molecule has 0 aliphatic rings. The number of hydrogen-bond acceptors (Lipinski definition) is 5. The maximum Gasteiger partial charge on any atom is 0.319 e. The van der Waals surface area contributed by atoms with Crippen molar-refractivity contribution in [3.05, 3.63) is 45.6 Å². The highest BCUT2D eigenvalue weighted by Crippen LogP contribution is 2.33. The van der Waals surface area contributed by atoms with Crippen LogP contribution in [0, 0.1) is 0 Å². The molecule has 0 radical (unpaired) electrons. The maximum absolute atomic E-state index is 12.4. The summed E-state index contributed by atoms with van der Waals surface area (Å²) in [6, 6.07) is 9.11. The van der Waals surface area contributed by atoms with E-state index < -0.39 is 0 Å². The minimum absolute atomic E-state index is 0.108. The summed E-state index contributed by atoms with van der Waals surface area (Å²) in [5.41, 5.74) is 0.522. The Morgan fingerprint density at radius 3 is 2.74 bits per heavy atom. The Hall–Kier alpha value is -1.80. The van der Waals surface area contributed by atoms with Gasteiger partial charge >= 0.3 is 6.03 Å². The van der Waals surface area contributed by atoms with Crippen molar-refractivity contribution in [1.29, 1.82) is 0 Å². The van der Waals surface area contributed by atoms with Gasteiger partial charge in [0.15, 0.2) is 5.75 Å². The van der Waals surface area contributed by atoms with E-state index >= 15 is 0 Å². The molecule has 2 aromatic rings. The fourth-order valence-electron chi connectivity index (χ4n) is 2.48. The standard InChI is InChI=1S/C19H26ClN3O3S/c1-4-25-10-11-26-18-14(20)7-5-8-15(18)22-19(24)21-13-16(23(2)3)17-9-6-12-27-17/h5-9,12,16H,4,10-11,13H2,1-3H3,(H2,21,22,24). The topological polar surface area (TPSA) is 62.8 Å². The molecule has 0 spiro atoms. The lowest BCUT2D eigenvalue weighted by Crippen LogP contribution is -2.36. The Morgan fingerprint density at radius 2 is 2.07 bits per heavy atom. The highest BCUT2D eigenvalue weighted by atomic mass is 35.5. The van der Waals surface area contributed by atoms with E-state index in [0.29, 0.717) is 42.8 Å². The van der Waals surface area contributed by atoms with Crippen LogP contribution in [0.5, 0.6) is 5.75 Å². The lowest BCUT2D eigenvalue weighted by molar-refractivity contribution is 0.110. The van der Waals surface area contributed by atoms with Crippen molar-refractivity contribution >= 4 is 34.7 Å². The summed E-state index contributed by atoms with van der Waals surface area (Å²) in [5, 5.41) is 8.20. The average Bonchev–Trinajstić information content (AvgIpc) is 3.15. The lowest BCUT2D eigenvalue weighted by atomic mass is 10.2. The number of urea groups is 1. The van der Waals surface area contributed by atoms with Crippen molar-refractivity contribution in [1.82, 2.24) is 10.2 Å². The van der Waals surface area contributed by atoms with Gasteiger partial charge in [-0.25, -0.2) is 4.79 Å². The molecule has 8 heteroatoms. The fraction of sp³-hybridized carbons (Fsp3) is 0.421. The largest absolute Gasteiger partial charge is 0.487 e. The highest BCUT2D eigenvalue weighted by Gasteiger charge is 2.17. The van der Waals surface area contributed by atoms with Crippen molar-refractivity contribution in [2.24, 2.45) is 0 Å². The van der Waals surface area contributed by atoms with Crippen molar-refractivity contribution < 1.29 is 14.3 Å². The Labute approximate surface area is 169 Å². The highest BCUT2D eigenvalue weighted by molar-refractivity contribution is 7.10. The number of benzene rings is 1. The summed E-state index contributed by atoms with van der Waals surface area (Å²) < 4.78 is 11.0. The molecule has 1 aromatic heterocycles. The number of thiophene rings is 1. The minimum Gasteiger partial charge on any atom is -0.487 e. The molecule has 6 nitrogen and oxygen atoms in total. The van der Waals surface area contributed by atoms with Gasteiger partial charge in [-0.3, -0.25) is 0 Å². The summed E-state index contributed by atoms with van der Waals surface area (Å²) in [6.07, 6.45) is 0. The van der Waals surface area contributed by atoms with Crippen LogP contribution in [-0.2, 0) is 4.74 Å². The summed E-state index contributed by atoms with van der Waals surface area (Å²) in [5.74, 6) is 0.441. The first-order chi connectivity index (χ1) is 13.0. The second kappa shape index (κ2) is 11.1. The Morgan fingerprint density at radius 1 is 1.26 bits per heavy atom. The van der Waals surface area contributed by atoms with Crippen LogP contribution in [0.1, 0.15) is 17.8 Å². The van der Waals surface area contributed by atoms with Crippen molar-refractivity contribution in [3.63, 3.8) is 0 Å². The van der Waals surface area contributed by atoms with E-state index in [9.17, 15) is 4.79 Å². The summed E-state index contributed by atoms with van der Waals surface area (Å²) >= 11 is 7.89. The molecule has 0 saturated carbocycles. The quantitative estimate of drug-likeness (QED) is 0.574. The molecule has 0 fully saturated rings. The van der Waals surface area contributed by atoms with Crippen molar-refractivity contribution in [2.75, 3.05) is 45.8 Å². The van der Waals surface area contributed by atoms with Crippen LogP contribution in [0.4, 0.5) is 10.5 Å². The molecule has 2 rings (SSSR count). The van der Waals surface area contributed by atoms with Gasteiger partial charge in [-0.15, -0.1) is 11.3 Å². The number of ether oxygens (including phenoxy) is 2. The molecule has 148 valence electrons. The Balaban J connectivity index is 1.95. The first-order valence-electron chi connectivity index (χ1n) is 8.76. The predicted molar refractivity (Wildman–Crippen MR) is 111 cm³/mol. The van der Waals surface area contributed by atoms with Crippen LogP contribution >= 0.6 is 22.9 Å². The van der Waals surface area contributed by atoms with E-state index in [0.717, 1.165) is 0 Å². The fourth-order valence-corrected chi connectivity index (χ4v) is 3.63. The summed E-state index contributed by atoms with van der Waals surface area (Å²) in [7, 11) is 3.98. The maximum atomic E-state index is 12.4. The van der Waals surface area contributed by atoms with Gasteiger partial charge in [0.1, 0.15) is 6.61 Å². The zero-order valence-corrected chi connectivity index (χ0v) is 17.4. The normalized spacial score (nSPS) is 12.0. The minimum atomic E-state index is -0.310. The van der Waals surface area contributed by atoms with Crippen LogP contribution in [0.15, 0.2) is 35.7 Å². The molecule has 2 N–H and O–H groups in total.